The quantitative estimate of drug-likeness (QED) is 0.760. The van der Waals surface area contributed by atoms with E-state index in [0.717, 1.165) is 0 Å². The number of halogens is 6. The zero-order valence-corrected chi connectivity index (χ0v) is 12.5. The van der Waals surface area contributed by atoms with Gasteiger partial charge in [-0.15, -0.1) is 0 Å². The van der Waals surface area contributed by atoms with Crippen LogP contribution < -0.4 is 4.74 Å². The molecule has 3 nitrogen and oxygen atoms in total. The number of carbonyl (C=O) groups is 1. The second-order valence-electron chi connectivity index (χ2n) is 3.38. The molecule has 0 aliphatic heterocycles. The van der Waals surface area contributed by atoms with E-state index < -0.39 is 52.3 Å². The van der Waals surface area contributed by atoms with Gasteiger partial charge in [-0.05, 0) is 6.07 Å². The molecular weight excluding hydrogens is 339 g/mol. The summed E-state index contributed by atoms with van der Waals surface area (Å²) in [4.78, 5) is 10.7. The third kappa shape index (κ3) is 5.97. The van der Waals surface area contributed by atoms with Crippen molar-refractivity contribution in [2.75, 3.05) is 6.61 Å². The minimum absolute atomic E-state index is 0.408. The zero-order chi connectivity index (χ0) is 16.8. The molecule has 1 aromatic carbocycles. The number of carboxylic acid groups (broad SMARTS) is 1. The minimum Gasteiger partial charge on any atom is -0.490 e. The van der Waals surface area contributed by atoms with Crippen LogP contribution in [-0.4, -0.2) is 23.9 Å². The van der Waals surface area contributed by atoms with E-state index in [9.17, 15) is 22.4 Å². The summed E-state index contributed by atoms with van der Waals surface area (Å²) in [5, 5.41) is 7.62. The largest absolute Gasteiger partial charge is 0.490 e. The highest BCUT2D eigenvalue weighted by Crippen LogP contribution is 2.37. The number of rotatable bonds is 4. The number of aromatic carboxylic acids is 1. The van der Waals surface area contributed by atoms with E-state index in [2.05, 4.69) is 4.74 Å². The van der Waals surface area contributed by atoms with Crippen LogP contribution in [0.3, 0.4) is 0 Å². The molecule has 1 N–H and O–H groups in total. The Kier molecular flexibility index (Phi) is 7.81. The van der Waals surface area contributed by atoms with E-state index in [-0.39, 0.29) is 0 Å². The van der Waals surface area contributed by atoms with Crippen LogP contribution in [0.25, 0.3) is 0 Å². The van der Waals surface area contributed by atoms with Gasteiger partial charge in [-0.3, -0.25) is 0 Å². The molecule has 1 rings (SSSR count). The maximum Gasteiger partial charge on any atom is 0.392 e. The lowest BCUT2D eigenvalue weighted by atomic mass is 10.2. The Labute approximate surface area is 128 Å². The number of carboxylic acids is 1. The molecule has 0 heterocycles. The van der Waals surface area contributed by atoms with Crippen molar-refractivity contribution < 1.29 is 32.2 Å². The molecule has 0 aliphatic carbocycles. The number of benzene rings is 1. The molecule has 9 heteroatoms. The van der Waals surface area contributed by atoms with Gasteiger partial charge in [-0.1, -0.05) is 37.0 Å². The van der Waals surface area contributed by atoms with Crippen molar-refractivity contribution in [1.82, 2.24) is 0 Å². The van der Waals surface area contributed by atoms with Gasteiger partial charge in [0, 0.05) is 0 Å². The summed E-state index contributed by atoms with van der Waals surface area (Å²) in [5.41, 5.74) is -0.909. The normalized spacial score (nSPS) is 10.7. The van der Waals surface area contributed by atoms with E-state index in [1.807, 2.05) is 13.8 Å². The summed E-state index contributed by atoms with van der Waals surface area (Å²) < 4.78 is 53.7. The summed E-state index contributed by atoms with van der Waals surface area (Å²) in [6.45, 7) is 3.19. The van der Waals surface area contributed by atoms with Crippen molar-refractivity contribution in [3.63, 3.8) is 0 Å². The molecule has 0 fully saturated rings. The molecular formula is C12H12Cl2F4O3. The first-order valence-corrected chi connectivity index (χ1v) is 6.49. The van der Waals surface area contributed by atoms with Gasteiger partial charge in [-0.2, -0.15) is 13.2 Å². The smallest absolute Gasteiger partial charge is 0.392 e. The number of ether oxygens (including phenoxy) is 1. The van der Waals surface area contributed by atoms with Gasteiger partial charge < -0.3 is 9.84 Å². The van der Waals surface area contributed by atoms with Crippen molar-refractivity contribution in [1.29, 1.82) is 0 Å². The lowest BCUT2D eigenvalue weighted by Crippen LogP contribution is -2.14. The first-order valence-electron chi connectivity index (χ1n) is 5.74. The molecule has 0 bridgehead atoms. The highest BCUT2D eigenvalue weighted by atomic mass is 35.5. The van der Waals surface area contributed by atoms with Crippen LogP contribution in [-0.2, 0) is 0 Å². The van der Waals surface area contributed by atoms with Crippen molar-refractivity contribution in [2.24, 2.45) is 0 Å². The second-order valence-corrected chi connectivity index (χ2v) is 4.16. The Balaban J connectivity index is 0.00000191. The summed E-state index contributed by atoms with van der Waals surface area (Å²) >= 11 is 11.1. The molecule has 0 saturated heterocycles. The van der Waals surface area contributed by atoms with E-state index in [1.54, 1.807) is 0 Å². The van der Waals surface area contributed by atoms with Crippen molar-refractivity contribution in [3.05, 3.63) is 27.5 Å². The third-order valence-corrected chi connectivity index (χ3v) is 2.62. The molecule has 0 saturated carbocycles. The van der Waals surface area contributed by atoms with Crippen LogP contribution in [0.4, 0.5) is 17.6 Å². The summed E-state index contributed by atoms with van der Waals surface area (Å²) in [6.07, 6.45) is -5.73. The van der Waals surface area contributed by atoms with Gasteiger partial charge in [-0.25, -0.2) is 9.18 Å². The summed E-state index contributed by atoms with van der Waals surface area (Å²) in [6, 6.07) is 0.611. The molecule has 120 valence electrons. The maximum absolute atomic E-state index is 13.3. The first-order chi connectivity index (χ1) is 9.63. The van der Waals surface area contributed by atoms with Crippen LogP contribution in [0.1, 0.15) is 30.6 Å². The van der Waals surface area contributed by atoms with E-state index >= 15 is 0 Å². The van der Waals surface area contributed by atoms with Crippen molar-refractivity contribution >= 4 is 29.2 Å². The Morgan fingerprint density at radius 3 is 2.29 bits per heavy atom. The highest BCUT2D eigenvalue weighted by Gasteiger charge is 2.28. The minimum atomic E-state index is -4.45. The van der Waals surface area contributed by atoms with Gasteiger partial charge in [0.25, 0.3) is 0 Å². The third-order valence-electron chi connectivity index (χ3n) is 1.97. The lowest BCUT2D eigenvalue weighted by molar-refractivity contribution is -0.139. The Morgan fingerprint density at radius 2 is 1.86 bits per heavy atom. The fourth-order valence-corrected chi connectivity index (χ4v) is 1.79. The molecule has 0 atom stereocenters. The molecule has 0 spiro atoms. The molecule has 0 aliphatic rings. The van der Waals surface area contributed by atoms with Gasteiger partial charge in [0.2, 0.25) is 0 Å². The Bertz CT molecular complexity index is 504. The average molecular weight is 351 g/mol. The Morgan fingerprint density at radius 1 is 1.33 bits per heavy atom. The molecule has 0 aromatic heterocycles. The SMILES string of the molecule is CC.O=C(O)c1c(F)cc(Cl)c(OCCC(F)(F)F)c1Cl. The van der Waals surface area contributed by atoms with Crippen molar-refractivity contribution in [3.8, 4) is 5.75 Å². The van der Waals surface area contributed by atoms with E-state index in [0.29, 0.717) is 6.07 Å². The number of alkyl halides is 3. The monoisotopic (exact) mass is 350 g/mol. The standard InChI is InChI=1S/C10H6Cl2F4O3.C2H6/c11-4-3-5(13)6(9(17)18)7(12)8(4)19-2-1-10(14,15)16;1-2/h3H,1-2H2,(H,17,18);1-2H3. The van der Waals surface area contributed by atoms with Crippen LogP contribution in [0.15, 0.2) is 6.07 Å². The van der Waals surface area contributed by atoms with Gasteiger partial charge in [0.15, 0.2) is 5.75 Å². The predicted molar refractivity (Wildman–Crippen MR) is 70.9 cm³/mol. The van der Waals surface area contributed by atoms with Crippen LogP contribution in [0.2, 0.25) is 10.0 Å². The molecule has 0 radical (unpaired) electrons. The fourth-order valence-electron chi connectivity index (χ4n) is 1.17. The van der Waals surface area contributed by atoms with E-state index in [1.165, 1.54) is 0 Å². The Hall–Kier alpha value is -1.21. The summed E-state index contributed by atoms with van der Waals surface area (Å²) in [5.74, 6) is -3.38. The van der Waals surface area contributed by atoms with Gasteiger partial charge >= 0.3 is 12.1 Å². The first kappa shape index (κ1) is 19.8. The van der Waals surface area contributed by atoms with Gasteiger partial charge in [0.1, 0.15) is 16.4 Å². The molecule has 0 amide bonds. The average Bonchev–Trinajstić information content (AvgIpc) is 2.33. The summed E-state index contributed by atoms with van der Waals surface area (Å²) in [7, 11) is 0. The molecule has 0 unspecified atom stereocenters. The number of hydrogen-bond acceptors (Lipinski definition) is 2. The fraction of sp³-hybridized carbons (Fsp3) is 0.417. The van der Waals surface area contributed by atoms with Crippen LogP contribution in [0.5, 0.6) is 5.75 Å². The number of hydrogen-bond donors (Lipinski definition) is 1. The highest BCUT2D eigenvalue weighted by molar-refractivity contribution is 6.39. The van der Waals surface area contributed by atoms with Gasteiger partial charge in [0.05, 0.1) is 18.1 Å². The van der Waals surface area contributed by atoms with E-state index in [4.69, 9.17) is 28.3 Å². The second kappa shape index (κ2) is 8.29. The molecule has 21 heavy (non-hydrogen) atoms. The van der Waals surface area contributed by atoms with Crippen LogP contribution >= 0.6 is 23.2 Å². The van der Waals surface area contributed by atoms with Crippen LogP contribution in [0, 0.1) is 5.82 Å². The molecule has 1 aromatic rings. The van der Waals surface area contributed by atoms with Crippen molar-refractivity contribution in [2.45, 2.75) is 26.4 Å². The topological polar surface area (TPSA) is 46.5 Å². The predicted octanol–water partition coefficient (Wildman–Crippen LogP) is 5.19. The zero-order valence-electron chi connectivity index (χ0n) is 11.0. The maximum atomic E-state index is 13.3. The lowest BCUT2D eigenvalue weighted by Gasteiger charge is -2.13.